The highest BCUT2D eigenvalue weighted by molar-refractivity contribution is 7.89. The van der Waals surface area contributed by atoms with Gasteiger partial charge in [-0.3, -0.25) is 4.99 Å². The molecule has 0 amide bonds. The molecule has 1 saturated carbocycles. The summed E-state index contributed by atoms with van der Waals surface area (Å²) in [5.41, 5.74) is 0. The first-order valence-electron chi connectivity index (χ1n) is 8.99. The molecule has 0 atom stereocenters. The van der Waals surface area contributed by atoms with E-state index in [4.69, 9.17) is 0 Å². The summed E-state index contributed by atoms with van der Waals surface area (Å²) in [6, 6.07) is 4.18. The summed E-state index contributed by atoms with van der Waals surface area (Å²) in [4.78, 5) is 7.87. The Balaban J connectivity index is 1.78. The third-order valence-electron chi connectivity index (χ3n) is 4.41. The molecule has 142 valence electrons. The first kappa shape index (κ1) is 20.2. The van der Waals surface area contributed by atoms with Crippen molar-refractivity contribution in [2.24, 2.45) is 10.9 Å². The SMILES string of the molecule is CCNC(=NCCS(=O)(=O)NCC1CCC1)N(C)CCc1cccs1. The number of guanidine groups is 1. The van der Waals surface area contributed by atoms with E-state index in [1.165, 1.54) is 11.3 Å². The standard InChI is InChI=1S/C17H30N4O2S2/c1-3-18-17(21(2)11-9-16-8-5-12-24-16)19-10-13-25(22,23)20-14-15-6-4-7-15/h5,8,12,15,20H,3-4,6-7,9-11,13-14H2,1-2H3,(H,18,19). The van der Waals surface area contributed by atoms with Gasteiger partial charge in [-0.2, -0.15) is 0 Å². The molecule has 1 fully saturated rings. The highest BCUT2D eigenvalue weighted by Gasteiger charge is 2.20. The zero-order valence-corrected chi connectivity index (χ0v) is 16.8. The number of rotatable bonds is 10. The number of nitrogens with one attached hydrogen (secondary N) is 2. The van der Waals surface area contributed by atoms with Gasteiger partial charge in [-0.1, -0.05) is 12.5 Å². The fourth-order valence-electron chi connectivity index (χ4n) is 2.59. The molecule has 0 saturated heterocycles. The van der Waals surface area contributed by atoms with Crippen LogP contribution in [-0.2, 0) is 16.4 Å². The van der Waals surface area contributed by atoms with E-state index in [0.717, 1.165) is 38.3 Å². The highest BCUT2D eigenvalue weighted by Crippen LogP contribution is 2.25. The zero-order valence-electron chi connectivity index (χ0n) is 15.2. The molecule has 25 heavy (non-hydrogen) atoms. The van der Waals surface area contributed by atoms with Crippen molar-refractivity contribution >= 4 is 27.3 Å². The van der Waals surface area contributed by atoms with E-state index >= 15 is 0 Å². The number of thiophene rings is 1. The molecule has 6 nitrogen and oxygen atoms in total. The first-order valence-corrected chi connectivity index (χ1v) is 11.5. The Bertz CT molecular complexity index is 625. The molecule has 1 heterocycles. The topological polar surface area (TPSA) is 73.8 Å². The maximum absolute atomic E-state index is 12.1. The van der Waals surface area contributed by atoms with E-state index in [-0.39, 0.29) is 12.3 Å². The molecule has 0 unspecified atom stereocenters. The number of sulfonamides is 1. The lowest BCUT2D eigenvalue weighted by atomic mass is 9.86. The van der Waals surface area contributed by atoms with Crippen LogP contribution in [0.25, 0.3) is 0 Å². The lowest BCUT2D eigenvalue weighted by Gasteiger charge is -2.25. The van der Waals surface area contributed by atoms with Crippen LogP contribution >= 0.6 is 11.3 Å². The third kappa shape index (κ3) is 7.33. The summed E-state index contributed by atoms with van der Waals surface area (Å²) in [6.45, 7) is 4.46. The van der Waals surface area contributed by atoms with Gasteiger partial charge in [0.25, 0.3) is 0 Å². The quantitative estimate of drug-likeness (QED) is 0.476. The maximum Gasteiger partial charge on any atom is 0.213 e. The maximum atomic E-state index is 12.1. The molecule has 0 spiro atoms. The van der Waals surface area contributed by atoms with Crippen LogP contribution in [0.2, 0.25) is 0 Å². The smallest absolute Gasteiger partial charge is 0.213 e. The molecule has 1 aliphatic carbocycles. The van der Waals surface area contributed by atoms with Gasteiger partial charge >= 0.3 is 0 Å². The molecule has 0 bridgehead atoms. The second-order valence-corrected chi connectivity index (χ2v) is 9.41. The van der Waals surface area contributed by atoms with Crippen molar-refractivity contribution in [1.82, 2.24) is 14.9 Å². The molecule has 2 rings (SSSR count). The first-order chi connectivity index (χ1) is 12.0. The molecule has 0 radical (unpaired) electrons. The predicted octanol–water partition coefficient (Wildman–Crippen LogP) is 1.91. The van der Waals surface area contributed by atoms with Gasteiger partial charge < -0.3 is 10.2 Å². The van der Waals surface area contributed by atoms with Gasteiger partial charge in [0.15, 0.2) is 5.96 Å². The van der Waals surface area contributed by atoms with Crippen LogP contribution in [0.15, 0.2) is 22.5 Å². The van der Waals surface area contributed by atoms with E-state index in [9.17, 15) is 8.42 Å². The largest absolute Gasteiger partial charge is 0.357 e. The van der Waals surface area contributed by atoms with E-state index in [1.54, 1.807) is 11.3 Å². The molecule has 1 aromatic heterocycles. The Labute approximate surface area is 155 Å². The Morgan fingerprint density at radius 1 is 1.44 bits per heavy atom. The van der Waals surface area contributed by atoms with E-state index in [2.05, 4.69) is 37.4 Å². The molecule has 0 aliphatic heterocycles. The van der Waals surface area contributed by atoms with Crippen molar-refractivity contribution < 1.29 is 8.42 Å². The molecular weight excluding hydrogens is 356 g/mol. The Kier molecular flexibility index (Phi) is 8.18. The second kappa shape index (κ2) is 10.1. The van der Waals surface area contributed by atoms with Crippen LogP contribution in [-0.4, -0.2) is 58.3 Å². The van der Waals surface area contributed by atoms with Gasteiger partial charge in [-0.15, -0.1) is 11.3 Å². The van der Waals surface area contributed by atoms with E-state index < -0.39 is 10.0 Å². The Hall–Kier alpha value is -1.12. The minimum Gasteiger partial charge on any atom is -0.357 e. The highest BCUT2D eigenvalue weighted by atomic mass is 32.2. The van der Waals surface area contributed by atoms with Gasteiger partial charge in [0.05, 0.1) is 12.3 Å². The predicted molar refractivity (Wildman–Crippen MR) is 106 cm³/mol. The summed E-state index contributed by atoms with van der Waals surface area (Å²) in [7, 11) is -1.25. The van der Waals surface area contributed by atoms with Crippen molar-refractivity contribution in [3.8, 4) is 0 Å². The monoisotopic (exact) mass is 386 g/mol. The number of hydrogen-bond acceptors (Lipinski definition) is 4. The lowest BCUT2D eigenvalue weighted by Crippen LogP contribution is -2.40. The van der Waals surface area contributed by atoms with Gasteiger partial charge in [0, 0.05) is 31.6 Å². The van der Waals surface area contributed by atoms with Crippen molar-refractivity contribution in [1.29, 1.82) is 0 Å². The van der Waals surface area contributed by atoms with E-state index in [0.29, 0.717) is 12.5 Å². The van der Waals surface area contributed by atoms with Gasteiger partial charge in [-0.05, 0) is 43.6 Å². The van der Waals surface area contributed by atoms with Gasteiger partial charge in [0.2, 0.25) is 10.0 Å². The number of hydrogen-bond donors (Lipinski definition) is 2. The second-order valence-electron chi connectivity index (χ2n) is 6.45. The minimum atomic E-state index is -3.24. The zero-order chi connectivity index (χ0) is 18.1. The number of nitrogens with zero attached hydrogens (tertiary/aromatic N) is 2. The molecule has 1 aromatic rings. The van der Waals surface area contributed by atoms with Crippen LogP contribution in [0.4, 0.5) is 0 Å². The average Bonchev–Trinajstić information content (AvgIpc) is 3.03. The normalized spacial score (nSPS) is 15.8. The van der Waals surface area contributed by atoms with Crippen molar-refractivity contribution in [3.05, 3.63) is 22.4 Å². The fourth-order valence-corrected chi connectivity index (χ4v) is 4.26. The average molecular weight is 387 g/mol. The van der Waals surface area contributed by atoms with Crippen molar-refractivity contribution in [3.63, 3.8) is 0 Å². The molecular formula is C17H30N4O2S2. The Morgan fingerprint density at radius 2 is 2.24 bits per heavy atom. The van der Waals surface area contributed by atoms with Crippen molar-refractivity contribution in [2.45, 2.75) is 32.6 Å². The Morgan fingerprint density at radius 3 is 2.84 bits per heavy atom. The summed E-state index contributed by atoms with van der Waals surface area (Å²) in [6.07, 6.45) is 4.46. The molecule has 1 aliphatic rings. The fraction of sp³-hybridized carbons (Fsp3) is 0.706. The summed E-state index contributed by atoms with van der Waals surface area (Å²) in [5.74, 6) is 1.32. The third-order valence-corrected chi connectivity index (χ3v) is 6.67. The molecule has 2 N–H and O–H groups in total. The molecule has 0 aromatic carbocycles. The van der Waals surface area contributed by atoms with Gasteiger partial charge in [-0.25, -0.2) is 13.1 Å². The van der Waals surface area contributed by atoms with Crippen LogP contribution in [0.1, 0.15) is 31.1 Å². The van der Waals surface area contributed by atoms with E-state index in [1.807, 2.05) is 14.0 Å². The minimum absolute atomic E-state index is 0.0351. The van der Waals surface area contributed by atoms with Crippen molar-refractivity contribution in [2.75, 3.05) is 39.0 Å². The van der Waals surface area contributed by atoms with Crippen LogP contribution in [0.5, 0.6) is 0 Å². The summed E-state index contributed by atoms with van der Waals surface area (Å²) < 4.78 is 26.8. The number of aliphatic imine (C=N–C) groups is 1. The van der Waals surface area contributed by atoms with Gasteiger partial charge in [0.1, 0.15) is 0 Å². The van der Waals surface area contributed by atoms with Crippen LogP contribution in [0, 0.1) is 5.92 Å². The summed E-state index contributed by atoms with van der Waals surface area (Å²) in [5, 5.41) is 5.31. The van der Waals surface area contributed by atoms with Crippen LogP contribution in [0.3, 0.4) is 0 Å². The molecule has 8 heteroatoms. The lowest BCUT2D eigenvalue weighted by molar-refractivity contribution is 0.316. The van der Waals surface area contributed by atoms with Crippen LogP contribution < -0.4 is 10.0 Å². The summed E-state index contributed by atoms with van der Waals surface area (Å²) >= 11 is 1.75. The number of likely N-dealkylation sites (N-methyl/N-ethyl adjacent to an activating group) is 1.